The third-order valence-corrected chi connectivity index (χ3v) is 7.07. The minimum absolute atomic E-state index is 0.121. The van der Waals surface area contributed by atoms with E-state index in [4.69, 9.17) is 21.1 Å². The largest absolute Gasteiger partial charge is 0.493 e. The van der Waals surface area contributed by atoms with Crippen LogP contribution in [-0.2, 0) is 14.4 Å². The maximum atomic E-state index is 12.8. The van der Waals surface area contributed by atoms with Crippen LogP contribution in [0.4, 0.5) is 5.69 Å². The van der Waals surface area contributed by atoms with E-state index in [1.807, 2.05) is 37.3 Å². The van der Waals surface area contributed by atoms with Crippen LogP contribution < -0.4 is 14.8 Å². The number of halogens is 1. The molecule has 2 aromatic rings. The molecule has 2 bridgehead atoms. The second-order valence-electron chi connectivity index (χ2n) is 8.92. The number of rotatable bonds is 7. The van der Waals surface area contributed by atoms with Gasteiger partial charge in [0.15, 0.2) is 18.1 Å². The van der Waals surface area contributed by atoms with E-state index in [2.05, 4.69) is 10.4 Å². The molecular weight excluding hydrogens is 470 g/mol. The van der Waals surface area contributed by atoms with Crippen LogP contribution in [0.15, 0.2) is 53.7 Å². The van der Waals surface area contributed by atoms with Crippen molar-refractivity contribution in [1.82, 2.24) is 5.01 Å². The van der Waals surface area contributed by atoms with Crippen molar-refractivity contribution in [2.75, 3.05) is 19.0 Å². The number of anilines is 1. The molecule has 4 atom stereocenters. The van der Waals surface area contributed by atoms with Crippen LogP contribution in [0.1, 0.15) is 17.5 Å². The zero-order valence-corrected chi connectivity index (χ0v) is 20.0. The summed E-state index contributed by atoms with van der Waals surface area (Å²) < 4.78 is 11.0. The Morgan fingerprint density at radius 3 is 2.51 bits per heavy atom. The fraction of sp³-hybridized carbons (Fsp3) is 0.308. The van der Waals surface area contributed by atoms with Crippen molar-refractivity contribution < 1.29 is 23.9 Å². The number of carbonyl (C=O) groups excluding carboxylic acids is 3. The number of para-hydroxylation sites is 1. The zero-order chi connectivity index (χ0) is 24.7. The van der Waals surface area contributed by atoms with Gasteiger partial charge in [0.2, 0.25) is 0 Å². The van der Waals surface area contributed by atoms with Gasteiger partial charge in [0.1, 0.15) is 0 Å². The molecule has 1 N–H and O–H groups in total. The first-order valence-corrected chi connectivity index (χ1v) is 11.7. The molecule has 5 rings (SSSR count). The van der Waals surface area contributed by atoms with Gasteiger partial charge in [-0.15, -0.1) is 0 Å². The van der Waals surface area contributed by atoms with Gasteiger partial charge in [-0.2, -0.15) is 10.1 Å². The molecule has 180 valence electrons. The van der Waals surface area contributed by atoms with E-state index in [9.17, 15) is 14.4 Å². The fourth-order valence-corrected chi connectivity index (χ4v) is 5.39. The number of carbonyl (C=O) groups is 3. The summed E-state index contributed by atoms with van der Waals surface area (Å²) >= 11 is 6.41. The standard InChI is InChI=1S/C26H24ClN3O5/c1-14-5-3-4-6-19(14)29-21(31)13-35-24-18(27)9-15(10-20(24)34-2)12-28-30-25(32)22-16-7-8-17(11-16)23(22)26(30)33/h3-10,12,16-17,22-23H,11,13H2,1-2H3,(H,29,31). The van der Waals surface area contributed by atoms with Crippen LogP contribution in [0.5, 0.6) is 11.5 Å². The molecule has 2 aromatic carbocycles. The number of benzene rings is 2. The molecule has 9 heteroatoms. The number of hydrogen-bond acceptors (Lipinski definition) is 6. The molecule has 0 radical (unpaired) electrons. The first kappa shape index (κ1) is 23.1. The van der Waals surface area contributed by atoms with E-state index in [0.717, 1.165) is 17.0 Å². The third-order valence-electron chi connectivity index (χ3n) is 6.79. The van der Waals surface area contributed by atoms with Gasteiger partial charge in [0.25, 0.3) is 17.7 Å². The highest BCUT2D eigenvalue weighted by Crippen LogP contribution is 2.52. The molecule has 0 spiro atoms. The minimum atomic E-state index is -0.344. The number of hydrogen-bond donors (Lipinski definition) is 1. The lowest BCUT2D eigenvalue weighted by Crippen LogP contribution is -2.28. The Hall–Kier alpha value is -3.65. The van der Waals surface area contributed by atoms with Crippen LogP contribution in [-0.4, -0.2) is 42.7 Å². The Morgan fingerprint density at radius 2 is 1.86 bits per heavy atom. The summed E-state index contributed by atoms with van der Waals surface area (Å²) in [5.74, 6) is -0.743. The van der Waals surface area contributed by atoms with Crippen LogP contribution in [0.25, 0.3) is 0 Å². The van der Waals surface area contributed by atoms with Gasteiger partial charge in [-0.1, -0.05) is 42.0 Å². The molecule has 8 nitrogen and oxygen atoms in total. The molecule has 2 fully saturated rings. The first-order chi connectivity index (χ1) is 16.9. The number of imide groups is 1. The summed E-state index contributed by atoms with van der Waals surface area (Å²) in [6.07, 6.45) is 6.33. The lowest BCUT2D eigenvalue weighted by Gasteiger charge is -2.14. The maximum Gasteiger partial charge on any atom is 0.262 e. The van der Waals surface area contributed by atoms with E-state index in [-0.39, 0.29) is 58.8 Å². The van der Waals surface area contributed by atoms with Crippen LogP contribution in [0.3, 0.4) is 0 Å². The molecule has 1 saturated heterocycles. The topological polar surface area (TPSA) is 97.3 Å². The van der Waals surface area contributed by atoms with E-state index in [1.165, 1.54) is 13.3 Å². The van der Waals surface area contributed by atoms with Gasteiger partial charge in [-0.05, 0) is 54.5 Å². The summed E-state index contributed by atoms with van der Waals surface area (Å²) in [6.45, 7) is 1.63. The number of amides is 3. The van der Waals surface area contributed by atoms with Gasteiger partial charge in [-0.25, -0.2) is 0 Å². The molecule has 4 unspecified atom stereocenters. The molecule has 3 aliphatic rings. The van der Waals surface area contributed by atoms with Gasteiger partial charge >= 0.3 is 0 Å². The first-order valence-electron chi connectivity index (χ1n) is 11.3. The molecular formula is C26H24ClN3O5. The van der Waals surface area contributed by atoms with E-state index >= 15 is 0 Å². The average Bonchev–Trinajstić information content (AvgIpc) is 3.52. The number of ether oxygens (including phenoxy) is 2. The highest BCUT2D eigenvalue weighted by atomic mass is 35.5. The van der Waals surface area contributed by atoms with E-state index in [0.29, 0.717) is 17.0 Å². The number of methoxy groups -OCH3 is 1. The minimum Gasteiger partial charge on any atom is -0.493 e. The Kier molecular flexibility index (Phi) is 6.06. The van der Waals surface area contributed by atoms with Crippen LogP contribution in [0.2, 0.25) is 5.02 Å². The predicted octanol–water partition coefficient (Wildman–Crippen LogP) is 3.82. The van der Waals surface area contributed by atoms with Crippen LogP contribution >= 0.6 is 11.6 Å². The van der Waals surface area contributed by atoms with Gasteiger partial charge < -0.3 is 14.8 Å². The highest BCUT2D eigenvalue weighted by Gasteiger charge is 2.59. The number of nitrogens with one attached hydrogen (secondary N) is 1. The highest BCUT2D eigenvalue weighted by molar-refractivity contribution is 6.32. The Morgan fingerprint density at radius 1 is 1.17 bits per heavy atom. The Labute approximate surface area is 207 Å². The van der Waals surface area contributed by atoms with Crippen molar-refractivity contribution in [3.63, 3.8) is 0 Å². The number of aryl methyl sites for hydroxylation is 1. The number of fused-ring (bicyclic) bond motifs is 5. The smallest absolute Gasteiger partial charge is 0.262 e. The number of hydrazone groups is 1. The van der Waals surface area contributed by atoms with Gasteiger partial charge in [-0.3, -0.25) is 14.4 Å². The maximum absolute atomic E-state index is 12.8. The van der Waals surface area contributed by atoms with Crippen molar-refractivity contribution in [2.24, 2.45) is 28.8 Å². The van der Waals surface area contributed by atoms with Gasteiger partial charge in [0.05, 0.1) is 30.2 Å². The second kappa shape index (κ2) is 9.19. The Bertz CT molecular complexity index is 1240. The average molecular weight is 494 g/mol. The van der Waals surface area contributed by atoms with Crippen molar-refractivity contribution in [2.45, 2.75) is 13.3 Å². The molecule has 2 aliphatic carbocycles. The molecule has 1 saturated carbocycles. The summed E-state index contributed by atoms with van der Waals surface area (Å²) in [5, 5.41) is 8.14. The van der Waals surface area contributed by atoms with Gasteiger partial charge in [0, 0.05) is 5.69 Å². The number of allylic oxidation sites excluding steroid dienone is 2. The fourth-order valence-electron chi connectivity index (χ4n) is 5.12. The normalized spacial score (nSPS) is 24.4. The molecule has 1 heterocycles. The molecule has 0 aromatic heterocycles. The van der Waals surface area contributed by atoms with Crippen molar-refractivity contribution in [1.29, 1.82) is 0 Å². The summed E-state index contributed by atoms with van der Waals surface area (Å²) in [7, 11) is 1.45. The predicted molar refractivity (Wildman–Crippen MR) is 130 cm³/mol. The van der Waals surface area contributed by atoms with E-state index in [1.54, 1.807) is 18.2 Å². The summed E-state index contributed by atoms with van der Waals surface area (Å²) in [5.41, 5.74) is 2.15. The Balaban J connectivity index is 1.27. The summed E-state index contributed by atoms with van der Waals surface area (Å²) in [4.78, 5) is 38.0. The van der Waals surface area contributed by atoms with E-state index < -0.39 is 0 Å². The van der Waals surface area contributed by atoms with Crippen molar-refractivity contribution in [3.05, 3.63) is 64.7 Å². The summed E-state index contributed by atoms with van der Waals surface area (Å²) in [6, 6.07) is 10.6. The second-order valence-corrected chi connectivity index (χ2v) is 9.33. The molecule has 1 aliphatic heterocycles. The van der Waals surface area contributed by atoms with Crippen molar-refractivity contribution in [3.8, 4) is 11.5 Å². The lowest BCUT2D eigenvalue weighted by molar-refractivity contribution is -0.140. The third kappa shape index (κ3) is 4.18. The molecule has 3 amide bonds. The quantitative estimate of drug-likeness (QED) is 0.359. The SMILES string of the molecule is COc1cc(C=NN2C(=O)C3C4C=CC(C4)C3C2=O)cc(Cl)c1OCC(=O)Nc1ccccc1C. The molecule has 35 heavy (non-hydrogen) atoms. The van der Waals surface area contributed by atoms with Crippen LogP contribution in [0, 0.1) is 30.6 Å². The van der Waals surface area contributed by atoms with Crippen molar-refractivity contribution >= 4 is 41.2 Å². The lowest BCUT2D eigenvalue weighted by atomic mass is 9.85. The monoisotopic (exact) mass is 493 g/mol. The number of nitrogens with zero attached hydrogens (tertiary/aromatic N) is 2. The zero-order valence-electron chi connectivity index (χ0n) is 19.2.